The van der Waals surface area contributed by atoms with E-state index in [1.54, 1.807) is 35.2 Å². The highest BCUT2D eigenvalue weighted by molar-refractivity contribution is 8.01. The Hall–Kier alpha value is -2.05. The smallest absolute Gasteiger partial charge is 0.167 e. The van der Waals surface area contributed by atoms with Gasteiger partial charge in [0.15, 0.2) is 10.1 Å². The van der Waals surface area contributed by atoms with Crippen molar-refractivity contribution in [1.29, 1.82) is 0 Å². The van der Waals surface area contributed by atoms with Gasteiger partial charge in [0, 0.05) is 12.2 Å². The highest BCUT2D eigenvalue weighted by Gasteiger charge is 2.13. The van der Waals surface area contributed by atoms with E-state index in [0.29, 0.717) is 23.5 Å². The number of carbonyl (C=O) groups is 1. The Morgan fingerprint density at radius 2 is 2.13 bits per heavy atom. The summed E-state index contributed by atoms with van der Waals surface area (Å²) >= 11 is 3.18. The molecule has 1 N–H and O–H groups in total. The molecule has 0 aliphatic rings. The lowest BCUT2D eigenvalue weighted by atomic mass is 10.1. The van der Waals surface area contributed by atoms with Crippen LogP contribution in [-0.2, 0) is 0 Å². The highest BCUT2D eigenvalue weighted by Crippen LogP contribution is 2.30. The largest absolute Gasteiger partial charge is 0.507 e. The van der Waals surface area contributed by atoms with Crippen LogP contribution in [0.25, 0.3) is 10.2 Å². The van der Waals surface area contributed by atoms with E-state index in [-0.39, 0.29) is 11.5 Å². The summed E-state index contributed by atoms with van der Waals surface area (Å²) < 4.78 is 7.19. The van der Waals surface area contributed by atoms with Crippen LogP contribution in [0.15, 0.2) is 46.8 Å². The molecule has 0 saturated heterocycles. The van der Waals surface area contributed by atoms with Crippen LogP contribution in [0, 0.1) is 0 Å². The number of thioether (sulfide) groups is 1. The number of phenolic OH excluding ortho intramolecular Hbond substituents is 1. The topological polar surface area (TPSA) is 59.4 Å². The molecule has 0 aliphatic carbocycles. The van der Waals surface area contributed by atoms with Gasteiger partial charge in [0.25, 0.3) is 0 Å². The van der Waals surface area contributed by atoms with Crippen molar-refractivity contribution in [2.75, 3.05) is 12.9 Å². The first-order valence-corrected chi connectivity index (χ1v) is 8.86. The molecule has 0 spiro atoms. The third kappa shape index (κ3) is 3.65. The second-order valence-corrected chi connectivity index (χ2v) is 7.22. The molecule has 0 atom stereocenters. The fraction of sp³-hybridized carbons (Fsp3) is 0.176. The Labute approximate surface area is 142 Å². The molecule has 118 valence electrons. The first-order chi connectivity index (χ1) is 11.2. The minimum atomic E-state index is -0.102. The number of nitrogens with zero attached hydrogens (tertiary/aromatic N) is 1. The zero-order valence-electron chi connectivity index (χ0n) is 12.5. The summed E-state index contributed by atoms with van der Waals surface area (Å²) in [7, 11) is 1.53. The molecule has 1 heterocycles. The van der Waals surface area contributed by atoms with Crippen molar-refractivity contribution in [1.82, 2.24) is 4.98 Å². The zero-order chi connectivity index (χ0) is 16.2. The molecule has 2 aromatic carbocycles. The van der Waals surface area contributed by atoms with Crippen molar-refractivity contribution in [3.05, 3.63) is 48.0 Å². The molecule has 0 bridgehead atoms. The van der Waals surface area contributed by atoms with E-state index in [9.17, 15) is 9.90 Å². The fourth-order valence-electron chi connectivity index (χ4n) is 2.14. The van der Waals surface area contributed by atoms with E-state index < -0.39 is 0 Å². The van der Waals surface area contributed by atoms with E-state index in [1.807, 2.05) is 24.3 Å². The van der Waals surface area contributed by atoms with E-state index in [2.05, 4.69) is 4.98 Å². The predicted octanol–water partition coefficient (Wildman–Crippen LogP) is 4.38. The number of hydrogen-bond donors (Lipinski definition) is 1. The average Bonchev–Trinajstić information content (AvgIpc) is 2.98. The van der Waals surface area contributed by atoms with E-state index in [0.717, 1.165) is 14.6 Å². The second-order valence-electron chi connectivity index (χ2n) is 4.85. The molecule has 23 heavy (non-hydrogen) atoms. The molecule has 3 aromatic rings. The van der Waals surface area contributed by atoms with Crippen LogP contribution in [0.1, 0.15) is 16.8 Å². The van der Waals surface area contributed by atoms with Gasteiger partial charge in [-0.1, -0.05) is 23.9 Å². The molecule has 1 aromatic heterocycles. The first-order valence-electron chi connectivity index (χ1n) is 7.06. The Balaban J connectivity index is 1.63. The normalized spacial score (nSPS) is 10.8. The van der Waals surface area contributed by atoms with Crippen LogP contribution >= 0.6 is 23.1 Å². The van der Waals surface area contributed by atoms with Gasteiger partial charge >= 0.3 is 0 Å². The minimum Gasteiger partial charge on any atom is -0.507 e. The molecule has 0 radical (unpaired) electrons. The van der Waals surface area contributed by atoms with Gasteiger partial charge in [-0.2, -0.15) is 0 Å². The number of phenols is 1. The van der Waals surface area contributed by atoms with Crippen LogP contribution in [-0.4, -0.2) is 28.7 Å². The second kappa shape index (κ2) is 7.02. The van der Waals surface area contributed by atoms with E-state index in [1.165, 1.54) is 13.2 Å². The quantitative estimate of drug-likeness (QED) is 0.531. The van der Waals surface area contributed by atoms with Gasteiger partial charge < -0.3 is 9.84 Å². The molecular formula is C17H15NO3S2. The lowest BCUT2D eigenvalue weighted by Crippen LogP contribution is -2.01. The van der Waals surface area contributed by atoms with Gasteiger partial charge in [0.05, 0.1) is 22.9 Å². The number of rotatable bonds is 6. The van der Waals surface area contributed by atoms with Crippen molar-refractivity contribution < 1.29 is 14.6 Å². The van der Waals surface area contributed by atoms with Crippen LogP contribution in [0.4, 0.5) is 0 Å². The Morgan fingerprint density at radius 3 is 2.91 bits per heavy atom. The van der Waals surface area contributed by atoms with Crippen molar-refractivity contribution in [2.24, 2.45) is 0 Å². The summed E-state index contributed by atoms with van der Waals surface area (Å²) in [5.41, 5.74) is 1.28. The number of hydrogen-bond acceptors (Lipinski definition) is 6. The molecular weight excluding hydrogens is 330 g/mol. The zero-order valence-corrected chi connectivity index (χ0v) is 14.1. The molecule has 0 amide bonds. The Bertz CT molecular complexity index is 812. The first kappa shape index (κ1) is 15.8. The molecule has 4 nitrogen and oxygen atoms in total. The maximum atomic E-state index is 12.3. The molecule has 0 saturated carbocycles. The van der Waals surface area contributed by atoms with Crippen molar-refractivity contribution >= 4 is 39.1 Å². The summed E-state index contributed by atoms with van der Waals surface area (Å²) in [5.74, 6) is 1.07. The maximum absolute atomic E-state index is 12.3. The standard InChI is InChI=1S/C17H15NO3S2/c1-21-11-6-7-14(19)12(10-11)15(20)8-9-22-17-18-13-4-2-3-5-16(13)23-17/h2-7,10,19H,8-9H2,1H3. The maximum Gasteiger partial charge on any atom is 0.167 e. The molecule has 3 rings (SSSR count). The summed E-state index contributed by atoms with van der Waals surface area (Å²) in [6, 6.07) is 12.6. The van der Waals surface area contributed by atoms with Crippen LogP contribution < -0.4 is 4.74 Å². The number of Topliss-reactive ketones (excluding diaryl/α,β-unsaturated/α-hetero) is 1. The lowest BCUT2D eigenvalue weighted by Gasteiger charge is -2.06. The minimum absolute atomic E-state index is 0.0132. The lowest BCUT2D eigenvalue weighted by molar-refractivity contribution is 0.0986. The number of fused-ring (bicyclic) bond motifs is 1. The van der Waals surface area contributed by atoms with Gasteiger partial charge in [-0.05, 0) is 30.3 Å². The summed E-state index contributed by atoms with van der Waals surface area (Å²) in [5, 5.41) is 9.82. The van der Waals surface area contributed by atoms with Crippen LogP contribution in [0.5, 0.6) is 11.5 Å². The van der Waals surface area contributed by atoms with Crippen molar-refractivity contribution in [2.45, 2.75) is 10.8 Å². The van der Waals surface area contributed by atoms with Crippen molar-refractivity contribution in [3.8, 4) is 11.5 Å². The number of thiazole rings is 1. The monoisotopic (exact) mass is 345 g/mol. The highest BCUT2D eigenvalue weighted by atomic mass is 32.2. The number of ether oxygens (including phenoxy) is 1. The summed E-state index contributed by atoms with van der Waals surface area (Å²) in [4.78, 5) is 16.8. The van der Waals surface area contributed by atoms with Gasteiger partial charge in [0.2, 0.25) is 0 Å². The number of aromatic hydroxyl groups is 1. The van der Waals surface area contributed by atoms with Gasteiger partial charge in [0.1, 0.15) is 11.5 Å². The van der Waals surface area contributed by atoms with Gasteiger partial charge in [-0.25, -0.2) is 4.98 Å². The molecule has 0 unspecified atom stereocenters. The number of methoxy groups -OCH3 is 1. The Kier molecular flexibility index (Phi) is 4.83. The third-order valence-corrected chi connectivity index (χ3v) is 5.51. The van der Waals surface area contributed by atoms with Gasteiger partial charge in [-0.15, -0.1) is 11.3 Å². The van der Waals surface area contributed by atoms with Crippen LogP contribution in [0.3, 0.4) is 0 Å². The number of ketones is 1. The SMILES string of the molecule is COc1ccc(O)c(C(=O)CCSc2nc3ccccc3s2)c1. The molecule has 6 heteroatoms. The van der Waals surface area contributed by atoms with Gasteiger partial charge in [-0.3, -0.25) is 4.79 Å². The fourth-order valence-corrected chi connectivity index (χ4v) is 4.22. The van der Waals surface area contributed by atoms with Crippen molar-refractivity contribution in [3.63, 3.8) is 0 Å². The average molecular weight is 345 g/mol. The predicted molar refractivity (Wildman–Crippen MR) is 94.0 cm³/mol. The molecule has 0 fully saturated rings. The third-order valence-electron chi connectivity index (χ3n) is 3.33. The number of aromatic nitrogens is 1. The molecule has 0 aliphatic heterocycles. The van der Waals surface area contributed by atoms with E-state index >= 15 is 0 Å². The number of para-hydroxylation sites is 1. The number of benzene rings is 2. The number of carbonyl (C=O) groups excluding carboxylic acids is 1. The Morgan fingerprint density at radius 1 is 1.30 bits per heavy atom. The summed E-state index contributed by atoms with van der Waals surface area (Å²) in [6.45, 7) is 0. The van der Waals surface area contributed by atoms with Crippen LogP contribution in [0.2, 0.25) is 0 Å². The summed E-state index contributed by atoms with van der Waals surface area (Å²) in [6.07, 6.45) is 0.335. The van der Waals surface area contributed by atoms with E-state index in [4.69, 9.17) is 4.74 Å².